The molecule has 0 aliphatic heterocycles. The summed E-state index contributed by atoms with van der Waals surface area (Å²) in [5, 5.41) is 2.81. The van der Waals surface area contributed by atoms with Gasteiger partial charge in [0.2, 0.25) is 0 Å². The zero-order valence-corrected chi connectivity index (χ0v) is 17.5. The van der Waals surface area contributed by atoms with Crippen molar-refractivity contribution in [1.82, 2.24) is 0 Å². The Labute approximate surface area is 167 Å². The molecule has 0 aliphatic carbocycles. The van der Waals surface area contributed by atoms with E-state index in [9.17, 15) is 9.59 Å². The van der Waals surface area contributed by atoms with Gasteiger partial charge in [-0.1, -0.05) is 43.7 Å². The summed E-state index contributed by atoms with van der Waals surface area (Å²) in [6, 6.07) is 9.94. The Morgan fingerprint density at radius 2 is 1.57 bits per heavy atom. The third-order valence-corrected chi connectivity index (χ3v) is 4.53. The zero-order chi connectivity index (χ0) is 20.8. The molecule has 0 bridgehead atoms. The normalized spacial score (nSPS) is 10.7. The van der Waals surface area contributed by atoms with Crippen LogP contribution in [0.2, 0.25) is 0 Å². The maximum absolute atomic E-state index is 12.1. The van der Waals surface area contributed by atoms with Gasteiger partial charge in [-0.25, -0.2) is 4.79 Å². The second kappa shape index (κ2) is 9.40. The largest absolute Gasteiger partial charge is 0.482 e. The number of carbonyl (C=O) groups excluding carboxylic acids is 2. The summed E-state index contributed by atoms with van der Waals surface area (Å²) >= 11 is 0. The van der Waals surface area contributed by atoms with Crippen molar-refractivity contribution >= 4 is 17.6 Å². The lowest BCUT2D eigenvalue weighted by atomic mass is 10.0. The van der Waals surface area contributed by atoms with Gasteiger partial charge >= 0.3 is 5.97 Å². The standard InChI is InChI=1S/C23H29NO4/c1-14(2)19-8-7-16(4)20(11-19)27-13-22(26)28-12-21(25)24-23-17(5)9-15(3)10-18(23)6/h7-11,14H,12-13H2,1-6H3,(H,24,25). The summed E-state index contributed by atoms with van der Waals surface area (Å²) in [6.45, 7) is 11.4. The van der Waals surface area contributed by atoms with E-state index in [2.05, 4.69) is 19.2 Å². The van der Waals surface area contributed by atoms with E-state index < -0.39 is 5.97 Å². The molecule has 28 heavy (non-hydrogen) atoms. The van der Waals surface area contributed by atoms with Crippen molar-refractivity contribution in [2.75, 3.05) is 18.5 Å². The number of nitrogens with one attached hydrogen (secondary N) is 1. The molecule has 150 valence electrons. The van der Waals surface area contributed by atoms with E-state index >= 15 is 0 Å². The second-order valence-electron chi connectivity index (χ2n) is 7.45. The fourth-order valence-electron chi connectivity index (χ4n) is 3.01. The predicted molar refractivity (Wildman–Crippen MR) is 111 cm³/mol. The number of rotatable bonds is 7. The molecule has 0 fully saturated rings. The van der Waals surface area contributed by atoms with E-state index in [1.807, 2.05) is 58.0 Å². The van der Waals surface area contributed by atoms with Crippen LogP contribution in [0.25, 0.3) is 0 Å². The van der Waals surface area contributed by atoms with Crippen LogP contribution in [0.5, 0.6) is 5.75 Å². The summed E-state index contributed by atoms with van der Waals surface area (Å²) < 4.78 is 10.6. The highest BCUT2D eigenvalue weighted by Crippen LogP contribution is 2.24. The summed E-state index contributed by atoms with van der Waals surface area (Å²) in [5.74, 6) is 0.0639. The molecule has 2 aromatic rings. The quantitative estimate of drug-likeness (QED) is 0.710. The van der Waals surface area contributed by atoms with Gasteiger partial charge in [-0.2, -0.15) is 0 Å². The van der Waals surface area contributed by atoms with Crippen LogP contribution in [-0.4, -0.2) is 25.1 Å². The number of benzene rings is 2. The first-order chi connectivity index (χ1) is 13.2. The lowest BCUT2D eigenvalue weighted by molar-refractivity contribution is -0.149. The molecule has 1 amide bonds. The van der Waals surface area contributed by atoms with E-state index in [0.29, 0.717) is 11.7 Å². The lowest BCUT2D eigenvalue weighted by Gasteiger charge is -2.14. The fourth-order valence-corrected chi connectivity index (χ4v) is 3.01. The number of carbonyl (C=O) groups is 2. The van der Waals surface area contributed by atoms with Gasteiger partial charge < -0.3 is 14.8 Å². The maximum Gasteiger partial charge on any atom is 0.344 e. The third kappa shape index (κ3) is 5.84. The van der Waals surface area contributed by atoms with Crippen LogP contribution >= 0.6 is 0 Å². The first-order valence-electron chi connectivity index (χ1n) is 9.44. The molecule has 0 radical (unpaired) electrons. The van der Waals surface area contributed by atoms with E-state index in [-0.39, 0.29) is 19.1 Å². The molecule has 2 aromatic carbocycles. The number of esters is 1. The molecule has 5 heteroatoms. The van der Waals surface area contributed by atoms with Gasteiger partial charge in [0, 0.05) is 5.69 Å². The van der Waals surface area contributed by atoms with Crippen LogP contribution in [0.1, 0.15) is 47.6 Å². The van der Waals surface area contributed by atoms with Gasteiger partial charge in [0.25, 0.3) is 5.91 Å². The minimum absolute atomic E-state index is 0.238. The van der Waals surface area contributed by atoms with Crippen molar-refractivity contribution in [3.8, 4) is 5.75 Å². The molecule has 0 saturated carbocycles. The Hall–Kier alpha value is -2.82. The Morgan fingerprint density at radius 1 is 0.929 bits per heavy atom. The summed E-state index contributed by atoms with van der Waals surface area (Å²) in [6.07, 6.45) is 0. The monoisotopic (exact) mass is 383 g/mol. The van der Waals surface area contributed by atoms with Crippen LogP contribution in [0, 0.1) is 27.7 Å². The highest BCUT2D eigenvalue weighted by molar-refractivity contribution is 5.94. The second-order valence-corrected chi connectivity index (χ2v) is 7.45. The van der Waals surface area contributed by atoms with Crippen LogP contribution in [0.3, 0.4) is 0 Å². The van der Waals surface area contributed by atoms with Crippen molar-refractivity contribution in [2.24, 2.45) is 0 Å². The summed E-state index contributed by atoms with van der Waals surface area (Å²) in [7, 11) is 0. The van der Waals surface area contributed by atoms with Gasteiger partial charge in [-0.3, -0.25) is 4.79 Å². The molecule has 1 N–H and O–H groups in total. The zero-order valence-electron chi connectivity index (χ0n) is 17.5. The van der Waals surface area contributed by atoms with Crippen LogP contribution in [0.15, 0.2) is 30.3 Å². The van der Waals surface area contributed by atoms with Gasteiger partial charge in [0.1, 0.15) is 5.75 Å². The van der Waals surface area contributed by atoms with Crippen molar-refractivity contribution < 1.29 is 19.1 Å². The molecule has 0 aliphatic rings. The number of ether oxygens (including phenoxy) is 2. The van der Waals surface area contributed by atoms with E-state index in [1.165, 1.54) is 0 Å². The minimum atomic E-state index is -0.582. The maximum atomic E-state index is 12.1. The number of hydrogen-bond acceptors (Lipinski definition) is 4. The summed E-state index contributed by atoms with van der Waals surface area (Å²) in [4.78, 5) is 24.1. The smallest absolute Gasteiger partial charge is 0.344 e. The average Bonchev–Trinajstić information content (AvgIpc) is 2.62. The molecule has 0 saturated heterocycles. The van der Waals surface area contributed by atoms with Gasteiger partial charge in [-0.15, -0.1) is 0 Å². The Balaban J connectivity index is 1.86. The number of aryl methyl sites for hydroxylation is 4. The van der Waals surface area contributed by atoms with E-state index in [4.69, 9.17) is 9.47 Å². The van der Waals surface area contributed by atoms with Crippen molar-refractivity contribution in [3.05, 3.63) is 58.1 Å². The number of hydrogen-bond donors (Lipinski definition) is 1. The predicted octanol–water partition coefficient (Wildman–Crippen LogP) is 4.60. The Kier molecular flexibility index (Phi) is 7.21. The lowest BCUT2D eigenvalue weighted by Crippen LogP contribution is -2.24. The molecule has 2 rings (SSSR count). The average molecular weight is 383 g/mol. The van der Waals surface area contributed by atoms with E-state index in [0.717, 1.165) is 33.5 Å². The van der Waals surface area contributed by atoms with Gasteiger partial charge in [0.15, 0.2) is 13.2 Å². The SMILES string of the molecule is Cc1cc(C)c(NC(=O)COC(=O)COc2cc(C(C)C)ccc2C)c(C)c1. The van der Waals surface area contributed by atoms with Crippen LogP contribution in [-0.2, 0) is 14.3 Å². The molecular formula is C23H29NO4. The molecule has 0 atom stereocenters. The highest BCUT2D eigenvalue weighted by atomic mass is 16.6. The van der Waals surface area contributed by atoms with Crippen molar-refractivity contribution in [3.63, 3.8) is 0 Å². The first-order valence-corrected chi connectivity index (χ1v) is 9.44. The Morgan fingerprint density at radius 3 is 2.18 bits per heavy atom. The fraction of sp³-hybridized carbons (Fsp3) is 0.391. The molecular weight excluding hydrogens is 354 g/mol. The molecule has 0 unspecified atom stereocenters. The molecule has 0 spiro atoms. The Bertz CT molecular complexity index is 848. The minimum Gasteiger partial charge on any atom is -0.482 e. The van der Waals surface area contributed by atoms with Crippen LogP contribution < -0.4 is 10.1 Å². The topological polar surface area (TPSA) is 64.6 Å². The van der Waals surface area contributed by atoms with E-state index in [1.54, 1.807) is 0 Å². The van der Waals surface area contributed by atoms with Crippen molar-refractivity contribution in [1.29, 1.82) is 0 Å². The summed E-state index contributed by atoms with van der Waals surface area (Å²) in [5.41, 5.74) is 5.91. The molecule has 0 aromatic heterocycles. The van der Waals surface area contributed by atoms with Gasteiger partial charge in [0.05, 0.1) is 0 Å². The van der Waals surface area contributed by atoms with Crippen LogP contribution in [0.4, 0.5) is 5.69 Å². The third-order valence-electron chi connectivity index (χ3n) is 4.53. The molecule has 5 nitrogen and oxygen atoms in total. The number of anilines is 1. The van der Waals surface area contributed by atoms with Crippen molar-refractivity contribution in [2.45, 2.75) is 47.5 Å². The highest BCUT2D eigenvalue weighted by Gasteiger charge is 2.12. The molecule has 0 heterocycles. The number of amides is 1. The van der Waals surface area contributed by atoms with Gasteiger partial charge in [-0.05, 0) is 61.9 Å². The first kappa shape index (κ1) is 21.5.